The minimum absolute atomic E-state index is 0.143. The molecule has 5 nitrogen and oxygen atoms in total. The van der Waals surface area contributed by atoms with Crippen molar-refractivity contribution in [1.82, 2.24) is 14.8 Å². The maximum absolute atomic E-state index is 14.7. The van der Waals surface area contributed by atoms with Crippen molar-refractivity contribution in [2.75, 3.05) is 12.0 Å². The molecule has 1 heterocycles. The van der Waals surface area contributed by atoms with Gasteiger partial charge in [-0.2, -0.15) is 4.98 Å². The normalized spacial score (nSPS) is 14.3. The first kappa shape index (κ1) is 24.5. The Kier molecular flexibility index (Phi) is 7.46. The summed E-state index contributed by atoms with van der Waals surface area (Å²) in [7, 11) is 1.64. The van der Waals surface area contributed by atoms with Crippen LogP contribution in [0.5, 0.6) is 5.75 Å². The maximum atomic E-state index is 14.7. The molecule has 4 rings (SSSR count). The molecule has 182 valence electrons. The number of rotatable bonds is 10. The molecule has 1 aromatic heterocycles. The van der Waals surface area contributed by atoms with Crippen LogP contribution in [-0.2, 0) is 13.0 Å². The molecule has 1 aliphatic carbocycles. The smallest absolute Gasteiger partial charge is 0.250 e. The van der Waals surface area contributed by atoms with E-state index in [0.29, 0.717) is 22.5 Å². The Balaban J connectivity index is 1.92. The van der Waals surface area contributed by atoms with Crippen molar-refractivity contribution < 1.29 is 9.13 Å². The van der Waals surface area contributed by atoms with Gasteiger partial charge in [0.15, 0.2) is 0 Å². The Bertz CT molecular complexity index is 1160. The molecule has 3 aromatic rings. The van der Waals surface area contributed by atoms with Gasteiger partial charge >= 0.3 is 0 Å². The van der Waals surface area contributed by atoms with Gasteiger partial charge in [0.05, 0.1) is 23.9 Å². The van der Waals surface area contributed by atoms with Crippen LogP contribution in [0.2, 0.25) is 5.02 Å². The molecular formula is C27H34ClFN4O. The van der Waals surface area contributed by atoms with E-state index in [-0.39, 0.29) is 11.9 Å². The van der Waals surface area contributed by atoms with Gasteiger partial charge in [0.1, 0.15) is 17.4 Å². The van der Waals surface area contributed by atoms with E-state index in [1.54, 1.807) is 20.1 Å². The Morgan fingerprint density at radius 1 is 1.18 bits per heavy atom. The quantitative estimate of drug-likeness (QED) is 0.301. The summed E-state index contributed by atoms with van der Waals surface area (Å²) in [6, 6.07) is 9.25. The third-order valence-electron chi connectivity index (χ3n) is 6.57. The highest BCUT2D eigenvalue weighted by Crippen LogP contribution is 2.46. The van der Waals surface area contributed by atoms with E-state index in [9.17, 15) is 4.39 Å². The van der Waals surface area contributed by atoms with Crippen LogP contribution in [0.1, 0.15) is 68.1 Å². The van der Waals surface area contributed by atoms with Crippen LogP contribution in [0.3, 0.4) is 0 Å². The van der Waals surface area contributed by atoms with Crippen molar-refractivity contribution in [3.63, 3.8) is 0 Å². The Morgan fingerprint density at radius 2 is 1.94 bits per heavy atom. The summed E-state index contributed by atoms with van der Waals surface area (Å²) in [5.74, 6) is 2.66. The molecule has 1 saturated carbocycles. The van der Waals surface area contributed by atoms with Crippen LogP contribution in [0, 0.1) is 25.6 Å². The first-order chi connectivity index (χ1) is 16.4. The van der Waals surface area contributed by atoms with Crippen molar-refractivity contribution in [3.8, 4) is 5.75 Å². The summed E-state index contributed by atoms with van der Waals surface area (Å²) in [5.41, 5.74) is 3.32. The van der Waals surface area contributed by atoms with E-state index in [0.717, 1.165) is 54.2 Å². The standard InChI is InChI=1S/C27H34ClFN4O/c1-6-12-32-26(7-2)30-27(31-32)33(24-13-18(4)25(34-5)16-21(24)28)23(14-19-9-10-19)20-11-8-17(3)22(29)15-20/h8,11,13,15-16,19,23H,6-7,9-10,12,14H2,1-5H3/t23-/m0/s1. The number of hydrogen-bond acceptors (Lipinski definition) is 4. The lowest BCUT2D eigenvalue weighted by molar-refractivity contribution is 0.411. The van der Waals surface area contributed by atoms with Crippen LogP contribution in [0.25, 0.3) is 0 Å². The van der Waals surface area contributed by atoms with E-state index >= 15 is 0 Å². The maximum Gasteiger partial charge on any atom is 0.250 e. The Morgan fingerprint density at radius 3 is 2.56 bits per heavy atom. The predicted octanol–water partition coefficient (Wildman–Crippen LogP) is 7.35. The molecule has 0 saturated heterocycles. The lowest BCUT2D eigenvalue weighted by atomic mass is 9.97. The molecular weight excluding hydrogens is 451 g/mol. The summed E-state index contributed by atoms with van der Waals surface area (Å²) in [5, 5.41) is 5.48. The van der Waals surface area contributed by atoms with Crippen molar-refractivity contribution in [1.29, 1.82) is 0 Å². The van der Waals surface area contributed by atoms with Crippen LogP contribution in [-0.4, -0.2) is 21.9 Å². The number of anilines is 2. The van der Waals surface area contributed by atoms with Gasteiger partial charge in [-0.15, -0.1) is 5.10 Å². The first-order valence-corrected chi connectivity index (χ1v) is 12.6. The summed E-state index contributed by atoms with van der Waals surface area (Å²) in [6.07, 6.45) is 5.00. The third-order valence-corrected chi connectivity index (χ3v) is 6.88. The largest absolute Gasteiger partial charge is 0.496 e. The highest BCUT2D eigenvalue weighted by Gasteiger charge is 2.34. The molecule has 0 bridgehead atoms. The monoisotopic (exact) mass is 484 g/mol. The molecule has 0 amide bonds. The fourth-order valence-corrected chi connectivity index (χ4v) is 4.70. The molecule has 1 atom stereocenters. The first-order valence-electron chi connectivity index (χ1n) is 12.2. The average molecular weight is 485 g/mol. The number of nitrogens with zero attached hydrogens (tertiary/aromatic N) is 4. The van der Waals surface area contributed by atoms with E-state index in [4.69, 9.17) is 26.4 Å². The molecule has 2 aromatic carbocycles. The number of benzene rings is 2. The average Bonchev–Trinajstić information content (AvgIpc) is 3.55. The van der Waals surface area contributed by atoms with Crippen molar-refractivity contribution in [2.45, 2.75) is 72.4 Å². The lowest BCUT2D eigenvalue weighted by Gasteiger charge is -2.33. The number of ether oxygens (including phenoxy) is 1. The van der Waals surface area contributed by atoms with Crippen LogP contribution in [0.4, 0.5) is 16.0 Å². The number of aromatic nitrogens is 3. The van der Waals surface area contributed by atoms with Crippen LogP contribution >= 0.6 is 11.6 Å². The second-order valence-corrected chi connectivity index (χ2v) is 9.66. The van der Waals surface area contributed by atoms with E-state index in [2.05, 4.69) is 18.7 Å². The summed E-state index contributed by atoms with van der Waals surface area (Å²) in [4.78, 5) is 7.06. The lowest BCUT2D eigenvalue weighted by Crippen LogP contribution is -2.26. The van der Waals surface area contributed by atoms with Gasteiger partial charge in [0, 0.05) is 19.0 Å². The fraction of sp³-hybridized carbons (Fsp3) is 0.481. The molecule has 1 aliphatic rings. The van der Waals surface area contributed by atoms with Gasteiger partial charge in [-0.05, 0) is 61.4 Å². The molecule has 0 spiro atoms. The van der Waals surface area contributed by atoms with Gasteiger partial charge in [-0.3, -0.25) is 0 Å². The summed E-state index contributed by atoms with van der Waals surface area (Å²) in [6.45, 7) is 8.81. The van der Waals surface area contributed by atoms with Gasteiger partial charge < -0.3 is 9.64 Å². The highest BCUT2D eigenvalue weighted by atomic mass is 35.5. The van der Waals surface area contributed by atoms with Crippen LogP contribution in [0.15, 0.2) is 30.3 Å². The second-order valence-electron chi connectivity index (χ2n) is 9.25. The van der Waals surface area contributed by atoms with Crippen molar-refractivity contribution in [3.05, 3.63) is 63.7 Å². The zero-order valence-electron chi connectivity index (χ0n) is 20.7. The summed E-state index contributed by atoms with van der Waals surface area (Å²) < 4.78 is 22.2. The predicted molar refractivity (Wildman–Crippen MR) is 136 cm³/mol. The zero-order valence-corrected chi connectivity index (χ0v) is 21.5. The van der Waals surface area contributed by atoms with E-state index in [1.165, 1.54) is 12.8 Å². The van der Waals surface area contributed by atoms with Crippen molar-refractivity contribution >= 4 is 23.2 Å². The number of methoxy groups -OCH3 is 1. The number of halogens is 2. The van der Waals surface area contributed by atoms with Gasteiger partial charge in [0.2, 0.25) is 5.95 Å². The molecule has 0 unspecified atom stereocenters. The third kappa shape index (κ3) is 5.07. The fourth-order valence-electron chi connectivity index (χ4n) is 4.46. The van der Waals surface area contributed by atoms with Gasteiger partial charge in [-0.1, -0.05) is 50.4 Å². The second kappa shape index (κ2) is 10.3. The van der Waals surface area contributed by atoms with Gasteiger partial charge in [-0.25, -0.2) is 9.07 Å². The molecule has 1 fully saturated rings. The Labute approximate surface area is 206 Å². The minimum atomic E-state index is -0.200. The highest BCUT2D eigenvalue weighted by molar-refractivity contribution is 6.33. The topological polar surface area (TPSA) is 43.2 Å². The van der Waals surface area contributed by atoms with E-state index < -0.39 is 0 Å². The molecule has 0 radical (unpaired) electrons. The zero-order chi connectivity index (χ0) is 24.4. The molecule has 7 heteroatoms. The SMILES string of the molecule is CCCn1nc(N(c2cc(C)c(OC)cc2Cl)[C@@H](CC2CC2)c2ccc(C)c(F)c2)nc1CC. The van der Waals surface area contributed by atoms with Crippen molar-refractivity contribution in [2.24, 2.45) is 5.92 Å². The number of aryl methyl sites for hydroxylation is 4. The van der Waals surface area contributed by atoms with E-state index in [1.807, 2.05) is 35.9 Å². The van der Waals surface area contributed by atoms with Gasteiger partial charge in [0.25, 0.3) is 0 Å². The Hall–Kier alpha value is -2.60. The number of hydrogen-bond donors (Lipinski definition) is 0. The molecule has 0 N–H and O–H groups in total. The summed E-state index contributed by atoms with van der Waals surface area (Å²) >= 11 is 6.85. The molecule has 34 heavy (non-hydrogen) atoms. The van der Waals surface area contributed by atoms with Crippen LogP contribution < -0.4 is 9.64 Å². The minimum Gasteiger partial charge on any atom is -0.496 e. The molecule has 0 aliphatic heterocycles.